The molecular weight excluding hydrogens is 312 g/mol. The van der Waals surface area contributed by atoms with E-state index >= 15 is 0 Å². The fourth-order valence-corrected chi connectivity index (χ4v) is 3.20. The van der Waals surface area contributed by atoms with Crippen LogP contribution in [0.3, 0.4) is 0 Å². The molecule has 2 aromatic carbocycles. The summed E-state index contributed by atoms with van der Waals surface area (Å²) in [5.41, 5.74) is 9.88. The second-order valence-corrected chi connectivity index (χ2v) is 5.80. The topological polar surface area (TPSA) is 38.9 Å². The first-order valence-electron chi connectivity index (χ1n) is 6.51. The van der Waals surface area contributed by atoms with Gasteiger partial charge in [-0.15, -0.1) is 0 Å². The zero-order chi connectivity index (χ0) is 14.1. The third-order valence-electron chi connectivity index (χ3n) is 3.54. The SMILES string of the molecule is Cc1ccc(C(N)c2cccc3ccncc23)c(Br)c1. The van der Waals surface area contributed by atoms with Crippen LogP contribution in [0.2, 0.25) is 0 Å². The summed E-state index contributed by atoms with van der Waals surface area (Å²) in [4.78, 5) is 4.22. The first kappa shape index (κ1) is 13.3. The lowest BCUT2D eigenvalue weighted by atomic mass is 9.95. The van der Waals surface area contributed by atoms with E-state index in [-0.39, 0.29) is 6.04 Å². The zero-order valence-electron chi connectivity index (χ0n) is 11.2. The van der Waals surface area contributed by atoms with Crippen molar-refractivity contribution in [1.82, 2.24) is 4.98 Å². The van der Waals surface area contributed by atoms with E-state index in [1.807, 2.05) is 18.3 Å². The van der Waals surface area contributed by atoms with Gasteiger partial charge in [0.1, 0.15) is 0 Å². The molecule has 1 unspecified atom stereocenters. The number of hydrogen-bond acceptors (Lipinski definition) is 2. The molecule has 0 radical (unpaired) electrons. The standard InChI is InChI=1S/C17H15BrN2/c1-11-5-6-14(16(18)9-11)17(19)13-4-2-3-12-7-8-20-10-15(12)13/h2-10,17H,19H2,1H3. The Labute approximate surface area is 126 Å². The van der Waals surface area contributed by atoms with Gasteiger partial charge >= 0.3 is 0 Å². The van der Waals surface area contributed by atoms with E-state index in [1.54, 1.807) is 6.20 Å². The van der Waals surface area contributed by atoms with Crippen LogP contribution in [0.5, 0.6) is 0 Å². The number of fused-ring (bicyclic) bond motifs is 1. The van der Waals surface area contributed by atoms with Crippen LogP contribution in [0.1, 0.15) is 22.7 Å². The molecular formula is C17H15BrN2. The quantitative estimate of drug-likeness (QED) is 0.760. The van der Waals surface area contributed by atoms with Crippen molar-refractivity contribution < 1.29 is 0 Å². The molecule has 0 saturated carbocycles. The Hall–Kier alpha value is -1.71. The summed E-state index contributed by atoms with van der Waals surface area (Å²) in [6.07, 6.45) is 3.69. The minimum absolute atomic E-state index is 0.169. The molecule has 0 amide bonds. The molecule has 0 spiro atoms. The first-order valence-corrected chi connectivity index (χ1v) is 7.30. The average molecular weight is 327 g/mol. The van der Waals surface area contributed by atoms with Gasteiger partial charge in [0.25, 0.3) is 0 Å². The minimum atomic E-state index is -0.169. The van der Waals surface area contributed by atoms with E-state index in [0.717, 1.165) is 26.4 Å². The zero-order valence-corrected chi connectivity index (χ0v) is 12.8. The van der Waals surface area contributed by atoms with Crippen LogP contribution in [-0.4, -0.2) is 4.98 Å². The predicted octanol–water partition coefficient (Wildman–Crippen LogP) is 4.35. The average Bonchev–Trinajstić information content (AvgIpc) is 2.46. The van der Waals surface area contributed by atoms with Gasteiger partial charge in [-0.05, 0) is 41.1 Å². The molecule has 0 bridgehead atoms. The lowest BCUT2D eigenvalue weighted by Gasteiger charge is -2.17. The largest absolute Gasteiger partial charge is 0.320 e. The van der Waals surface area contributed by atoms with Crippen LogP contribution in [-0.2, 0) is 0 Å². The highest BCUT2D eigenvalue weighted by Gasteiger charge is 2.14. The summed E-state index contributed by atoms with van der Waals surface area (Å²) in [6.45, 7) is 2.07. The molecule has 100 valence electrons. The van der Waals surface area contributed by atoms with Crippen molar-refractivity contribution in [1.29, 1.82) is 0 Å². The number of hydrogen-bond donors (Lipinski definition) is 1. The molecule has 3 aromatic rings. The minimum Gasteiger partial charge on any atom is -0.320 e. The van der Waals surface area contributed by atoms with Crippen LogP contribution in [0.4, 0.5) is 0 Å². The van der Waals surface area contributed by atoms with E-state index < -0.39 is 0 Å². The van der Waals surface area contributed by atoms with Crippen molar-refractivity contribution in [2.75, 3.05) is 0 Å². The van der Waals surface area contributed by atoms with Crippen LogP contribution in [0, 0.1) is 6.92 Å². The van der Waals surface area contributed by atoms with E-state index in [0.29, 0.717) is 0 Å². The number of nitrogens with zero attached hydrogens (tertiary/aromatic N) is 1. The van der Waals surface area contributed by atoms with Crippen molar-refractivity contribution >= 4 is 26.7 Å². The lowest BCUT2D eigenvalue weighted by molar-refractivity contribution is 0.873. The highest BCUT2D eigenvalue weighted by molar-refractivity contribution is 9.10. The summed E-state index contributed by atoms with van der Waals surface area (Å²) in [6, 6.07) is 14.3. The number of benzene rings is 2. The Morgan fingerprint density at radius 2 is 1.95 bits per heavy atom. The van der Waals surface area contributed by atoms with Crippen LogP contribution < -0.4 is 5.73 Å². The molecule has 2 N–H and O–H groups in total. The van der Waals surface area contributed by atoms with Crippen LogP contribution >= 0.6 is 15.9 Å². The van der Waals surface area contributed by atoms with E-state index in [9.17, 15) is 0 Å². The van der Waals surface area contributed by atoms with Gasteiger partial charge in [-0.1, -0.05) is 46.3 Å². The Morgan fingerprint density at radius 1 is 1.10 bits per heavy atom. The normalized spacial score (nSPS) is 12.6. The summed E-state index contributed by atoms with van der Waals surface area (Å²) in [7, 11) is 0. The highest BCUT2D eigenvalue weighted by Crippen LogP contribution is 2.31. The number of halogens is 1. The van der Waals surface area contributed by atoms with Gasteiger partial charge in [0.2, 0.25) is 0 Å². The molecule has 3 heteroatoms. The second kappa shape index (κ2) is 5.35. The molecule has 0 aliphatic heterocycles. The van der Waals surface area contributed by atoms with Gasteiger partial charge in [0, 0.05) is 22.3 Å². The molecule has 0 fully saturated rings. The maximum atomic E-state index is 6.48. The lowest BCUT2D eigenvalue weighted by Crippen LogP contribution is -2.13. The number of aryl methyl sites for hydroxylation is 1. The highest BCUT2D eigenvalue weighted by atomic mass is 79.9. The number of nitrogens with two attached hydrogens (primary N) is 1. The first-order chi connectivity index (χ1) is 9.66. The monoisotopic (exact) mass is 326 g/mol. The van der Waals surface area contributed by atoms with Crippen molar-refractivity contribution in [2.24, 2.45) is 5.73 Å². The molecule has 3 rings (SSSR count). The molecule has 2 nitrogen and oxygen atoms in total. The molecule has 0 aliphatic rings. The summed E-state index contributed by atoms with van der Waals surface area (Å²) >= 11 is 3.61. The Kier molecular flexibility index (Phi) is 3.55. The third-order valence-corrected chi connectivity index (χ3v) is 4.23. The maximum absolute atomic E-state index is 6.48. The van der Waals surface area contributed by atoms with Gasteiger partial charge in [0.05, 0.1) is 6.04 Å². The van der Waals surface area contributed by atoms with Gasteiger partial charge in [-0.25, -0.2) is 0 Å². The van der Waals surface area contributed by atoms with Crippen molar-refractivity contribution in [3.05, 3.63) is 76.0 Å². The molecule has 20 heavy (non-hydrogen) atoms. The number of rotatable bonds is 2. The van der Waals surface area contributed by atoms with Crippen molar-refractivity contribution in [2.45, 2.75) is 13.0 Å². The van der Waals surface area contributed by atoms with Gasteiger partial charge in [-0.3, -0.25) is 4.98 Å². The molecule has 1 atom stereocenters. The molecule has 1 heterocycles. The smallest absolute Gasteiger partial charge is 0.0569 e. The van der Waals surface area contributed by atoms with Gasteiger partial charge in [0.15, 0.2) is 0 Å². The third kappa shape index (κ3) is 2.35. The fourth-order valence-electron chi connectivity index (χ4n) is 2.46. The van der Waals surface area contributed by atoms with E-state index in [1.165, 1.54) is 5.56 Å². The van der Waals surface area contributed by atoms with Crippen molar-refractivity contribution in [3.63, 3.8) is 0 Å². The Bertz CT molecular complexity index is 763. The summed E-state index contributed by atoms with van der Waals surface area (Å²) in [5.74, 6) is 0. The number of aromatic nitrogens is 1. The van der Waals surface area contributed by atoms with Crippen molar-refractivity contribution in [3.8, 4) is 0 Å². The fraction of sp³-hybridized carbons (Fsp3) is 0.118. The predicted molar refractivity (Wildman–Crippen MR) is 86.7 cm³/mol. The maximum Gasteiger partial charge on any atom is 0.0569 e. The Morgan fingerprint density at radius 3 is 2.75 bits per heavy atom. The Balaban J connectivity index is 2.15. The molecule has 0 saturated heterocycles. The molecule has 1 aromatic heterocycles. The summed E-state index contributed by atoms with van der Waals surface area (Å²) < 4.78 is 1.05. The van der Waals surface area contributed by atoms with Gasteiger partial charge in [-0.2, -0.15) is 0 Å². The number of pyridine rings is 1. The molecule has 0 aliphatic carbocycles. The van der Waals surface area contributed by atoms with Gasteiger partial charge < -0.3 is 5.73 Å². The van der Waals surface area contributed by atoms with E-state index in [4.69, 9.17) is 5.73 Å². The van der Waals surface area contributed by atoms with E-state index in [2.05, 4.69) is 58.2 Å². The second-order valence-electron chi connectivity index (χ2n) is 4.95. The summed E-state index contributed by atoms with van der Waals surface area (Å²) in [5, 5.41) is 2.27. The van der Waals surface area contributed by atoms with Crippen LogP contribution in [0.15, 0.2) is 59.3 Å². The van der Waals surface area contributed by atoms with Crippen LogP contribution in [0.25, 0.3) is 10.8 Å².